The molecular formula is C25H31FN4O2. The summed E-state index contributed by atoms with van der Waals surface area (Å²) in [5.41, 5.74) is 2.45. The number of carbonyl (C=O) groups is 2. The van der Waals surface area contributed by atoms with Gasteiger partial charge in [-0.1, -0.05) is 0 Å². The summed E-state index contributed by atoms with van der Waals surface area (Å²) in [6.07, 6.45) is 2.40. The molecule has 0 spiro atoms. The monoisotopic (exact) mass is 438 g/mol. The summed E-state index contributed by atoms with van der Waals surface area (Å²) >= 11 is 0. The highest BCUT2D eigenvalue weighted by atomic mass is 19.1. The van der Waals surface area contributed by atoms with Gasteiger partial charge >= 0.3 is 0 Å². The lowest BCUT2D eigenvalue weighted by molar-refractivity contribution is -0.121. The maximum atomic E-state index is 13.1. The SMILES string of the molecule is CN(C)C1CCN(c2ccc(NC(=O)C3CCN(C(=O)c4ccc(F)cc4)CC3)cc2)C1. The van der Waals surface area contributed by atoms with Gasteiger partial charge in [0.05, 0.1) is 0 Å². The minimum atomic E-state index is -0.358. The Morgan fingerprint density at radius 2 is 1.59 bits per heavy atom. The number of anilines is 2. The molecule has 2 aliphatic heterocycles. The van der Waals surface area contributed by atoms with Crippen LogP contribution in [-0.4, -0.2) is 67.9 Å². The molecule has 0 aromatic heterocycles. The van der Waals surface area contributed by atoms with Crippen molar-refractivity contribution in [3.8, 4) is 0 Å². The zero-order valence-electron chi connectivity index (χ0n) is 18.8. The second kappa shape index (κ2) is 9.69. The third kappa shape index (κ3) is 5.10. The second-order valence-corrected chi connectivity index (χ2v) is 8.96. The van der Waals surface area contributed by atoms with Gasteiger partial charge in [-0.15, -0.1) is 0 Å². The van der Waals surface area contributed by atoms with Gasteiger partial charge in [0.2, 0.25) is 5.91 Å². The van der Waals surface area contributed by atoms with Gasteiger partial charge in [0.25, 0.3) is 5.91 Å². The van der Waals surface area contributed by atoms with E-state index in [-0.39, 0.29) is 23.5 Å². The summed E-state index contributed by atoms with van der Waals surface area (Å²) in [5, 5.41) is 3.03. The van der Waals surface area contributed by atoms with Crippen molar-refractivity contribution in [3.63, 3.8) is 0 Å². The van der Waals surface area contributed by atoms with Crippen molar-refractivity contribution in [2.75, 3.05) is 50.5 Å². The fourth-order valence-corrected chi connectivity index (χ4v) is 4.52. The lowest BCUT2D eigenvalue weighted by atomic mass is 9.95. The van der Waals surface area contributed by atoms with E-state index in [2.05, 4.69) is 41.3 Å². The molecule has 2 saturated heterocycles. The average molecular weight is 439 g/mol. The van der Waals surface area contributed by atoms with Crippen molar-refractivity contribution in [2.45, 2.75) is 25.3 Å². The third-order valence-corrected chi connectivity index (χ3v) is 6.64. The molecule has 2 aromatic rings. The molecule has 1 atom stereocenters. The maximum absolute atomic E-state index is 13.1. The van der Waals surface area contributed by atoms with E-state index in [4.69, 9.17) is 0 Å². The second-order valence-electron chi connectivity index (χ2n) is 8.96. The number of halogens is 1. The quantitative estimate of drug-likeness (QED) is 0.777. The Kier molecular flexibility index (Phi) is 6.74. The Balaban J connectivity index is 1.27. The van der Waals surface area contributed by atoms with Gasteiger partial charge < -0.3 is 20.0 Å². The number of benzene rings is 2. The number of amides is 2. The van der Waals surface area contributed by atoms with Crippen LogP contribution in [0.5, 0.6) is 0 Å². The summed E-state index contributed by atoms with van der Waals surface area (Å²) < 4.78 is 13.1. The maximum Gasteiger partial charge on any atom is 0.253 e. The molecule has 2 amide bonds. The highest BCUT2D eigenvalue weighted by Crippen LogP contribution is 2.25. The number of nitrogens with one attached hydrogen (secondary N) is 1. The normalized spacial score (nSPS) is 19.4. The number of likely N-dealkylation sites (N-methyl/N-ethyl adjacent to an activating group) is 1. The Morgan fingerprint density at radius 3 is 2.19 bits per heavy atom. The van der Waals surface area contributed by atoms with E-state index in [0.29, 0.717) is 37.5 Å². The zero-order chi connectivity index (χ0) is 22.7. The van der Waals surface area contributed by atoms with Crippen LogP contribution < -0.4 is 10.2 Å². The van der Waals surface area contributed by atoms with Gasteiger partial charge in [-0.05, 0) is 81.9 Å². The average Bonchev–Trinajstić information content (AvgIpc) is 3.30. The van der Waals surface area contributed by atoms with E-state index in [9.17, 15) is 14.0 Å². The molecule has 6 nitrogen and oxygen atoms in total. The van der Waals surface area contributed by atoms with Crippen LogP contribution in [0.4, 0.5) is 15.8 Å². The van der Waals surface area contributed by atoms with Gasteiger partial charge in [0.1, 0.15) is 5.82 Å². The van der Waals surface area contributed by atoms with Gasteiger partial charge in [-0.3, -0.25) is 9.59 Å². The van der Waals surface area contributed by atoms with E-state index in [1.807, 2.05) is 12.1 Å². The molecule has 1 N–H and O–H groups in total. The van der Waals surface area contributed by atoms with E-state index in [1.165, 1.54) is 30.0 Å². The summed E-state index contributed by atoms with van der Waals surface area (Å²) in [7, 11) is 4.24. The van der Waals surface area contributed by atoms with E-state index in [1.54, 1.807) is 4.90 Å². The number of nitrogens with zero attached hydrogens (tertiary/aromatic N) is 3. The van der Waals surface area contributed by atoms with Crippen LogP contribution in [0.25, 0.3) is 0 Å². The molecule has 0 saturated carbocycles. The molecule has 2 heterocycles. The fourth-order valence-electron chi connectivity index (χ4n) is 4.52. The number of rotatable bonds is 5. The van der Waals surface area contributed by atoms with Crippen molar-refractivity contribution in [1.29, 1.82) is 0 Å². The molecule has 0 radical (unpaired) electrons. The van der Waals surface area contributed by atoms with Gasteiger partial charge in [0, 0.05) is 55.1 Å². The number of carbonyl (C=O) groups excluding carboxylic acids is 2. The van der Waals surface area contributed by atoms with Crippen LogP contribution in [0.2, 0.25) is 0 Å². The molecule has 7 heteroatoms. The largest absolute Gasteiger partial charge is 0.370 e. The minimum absolute atomic E-state index is 0.000440. The van der Waals surface area contributed by atoms with Gasteiger partial charge in [0.15, 0.2) is 0 Å². The van der Waals surface area contributed by atoms with Crippen molar-refractivity contribution >= 4 is 23.2 Å². The smallest absolute Gasteiger partial charge is 0.253 e. The van der Waals surface area contributed by atoms with Crippen molar-refractivity contribution < 1.29 is 14.0 Å². The van der Waals surface area contributed by atoms with E-state index >= 15 is 0 Å². The highest BCUT2D eigenvalue weighted by molar-refractivity contribution is 5.95. The predicted molar refractivity (Wildman–Crippen MR) is 124 cm³/mol. The molecule has 2 fully saturated rings. The van der Waals surface area contributed by atoms with Crippen LogP contribution in [0.15, 0.2) is 48.5 Å². The third-order valence-electron chi connectivity index (χ3n) is 6.64. The zero-order valence-corrected chi connectivity index (χ0v) is 18.8. The molecule has 1 unspecified atom stereocenters. The van der Waals surface area contributed by atoms with Crippen LogP contribution in [0, 0.1) is 11.7 Å². The number of hydrogen-bond acceptors (Lipinski definition) is 4. The first kappa shape index (κ1) is 22.3. The first-order valence-corrected chi connectivity index (χ1v) is 11.3. The number of hydrogen-bond donors (Lipinski definition) is 1. The van der Waals surface area contributed by atoms with Crippen LogP contribution >= 0.6 is 0 Å². The van der Waals surface area contributed by atoms with E-state index in [0.717, 1.165) is 25.2 Å². The molecule has 2 aromatic carbocycles. The van der Waals surface area contributed by atoms with Crippen LogP contribution in [0.3, 0.4) is 0 Å². The van der Waals surface area contributed by atoms with Crippen LogP contribution in [-0.2, 0) is 4.79 Å². The lowest BCUT2D eigenvalue weighted by Crippen LogP contribution is -2.41. The number of piperidine rings is 1. The molecule has 170 valence electrons. The topological polar surface area (TPSA) is 55.9 Å². The first-order valence-electron chi connectivity index (χ1n) is 11.3. The Labute approximate surface area is 189 Å². The molecule has 32 heavy (non-hydrogen) atoms. The molecule has 0 bridgehead atoms. The molecular weight excluding hydrogens is 407 g/mol. The Hall–Kier alpha value is -2.93. The summed E-state index contributed by atoms with van der Waals surface area (Å²) in [6.45, 7) is 3.11. The fraction of sp³-hybridized carbons (Fsp3) is 0.440. The lowest BCUT2D eigenvalue weighted by Gasteiger charge is -2.31. The Bertz CT molecular complexity index is 937. The first-order chi connectivity index (χ1) is 15.4. The summed E-state index contributed by atoms with van der Waals surface area (Å²) in [4.78, 5) is 31.7. The van der Waals surface area contributed by atoms with Crippen molar-refractivity contribution in [3.05, 3.63) is 59.9 Å². The molecule has 4 rings (SSSR count). The van der Waals surface area contributed by atoms with Crippen molar-refractivity contribution in [2.24, 2.45) is 5.92 Å². The molecule has 0 aliphatic carbocycles. The standard InChI is InChI=1S/C25H31FN4O2/c1-28(2)23-13-16-30(17-23)22-9-7-21(8-10-22)27-24(31)18-11-14-29(15-12-18)25(32)19-3-5-20(26)6-4-19/h3-10,18,23H,11-17H2,1-2H3,(H,27,31). The van der Waals surface area contributed by atoms with E-state index < -0.39 is 0 Å². The highest BCUT2D eigenvalue weighted by Gasteiger charge is 2.28. The Morgan fingerprint density at radius 1 is 0.938 bits per heavy atom. The van der Waals surface area contributed by atoms with Gasteiger partial charge in [-0.2, -0.15) is 0 Å². The minimum Gasteiger partial charge on any atom is -0.370 e. The summed E-state index contributed by atoms with van der Waals surface area (Å²) in [5.74, 6) is -0.590. The predicted octanol–water partition coefficient (Wildman–Crippen LogP) is 3.46. The summed E-state index contributed by atoms with van der Waals surface area (Å²) in [6, 6.07) is 14.2. The number of likely N-dealkylation sites (tertiary alicyclic amines) is 1. The van der Waals surface area contributed by atoms with Crippen molar-refractivity contribution in [1.82, 2.24) is 9.80 Å². The molecule has 2 aliphatic rings. The van der Waals surface area contributed by atoms with Gasteiger partial charge in [-0.25, -0.2) is 4.39 Å². The van der Waals surface area contributed by atoms with Crippen LogP contribution in [0.1, 0.15) is 29.6 Å².